The monoisotopic (exact) mass is 324 g/mol. The molecule has 4 heteroatoms. The van der Waals surface area contributed by atoms with Gasteiger partial charge in [0.25, 0.3) is 0 Å². The molecule has 0 bridgehead atoms. The Morgan fingerprint density at radius 2 is 1.42 bits per heavy atom. The number of hydrogen-bond donors (Lipinski definition) is 0. The molecule has 0 fully saturated rings. The van der Waals surface area contributed by atoms with Gasteiger partial charge in [0.1, 0.15) is 5.75 Å². The van der Waals surface area contributed by atoms with Crippen LogP contribution in [0.3, 0.4) is 0 Å². The maximum Gasteiger partial charge on any atom is 0.311 e. The molecule has 24 heavy (non-hydrogen) atoms. The van der Waals surface area contributed by atoms with Crippen LogP contribution in [0, 0.1) is 12.3 Å². The highest BCUT2D eigenvalue weighted by molar-refractivity contribution is 5.72. The predicted molar refractivity (Wildman–Crippen MR) is 96.1 cm³/mol. The summed E-state index contributed by atoms with van der Waals surface area (Å²) >= 11 is 0. The number of carbonyl (C=O) groups excluding carboxylic acids is 1. The third-order valence-electron chi connectivity index (χ3n) is 3.46. The van der Waals surface area contributed by atoms with Crippen molar-refractivity contribution in [3.05, 3.63) is 54.1 Å². The van der Waals surface area contributed by atoms with Crippen molar-refractivity contribution in [2.45, 2.75) is 40.5 Å². The number of azo groups is 1. The number of hydrogen-bond acceptors (Lipinski definition) is 4. The van der Waals surface area contributed by atoms with E-state index < -0.39 is 0 Å². The molecule has 2 aromatic carbocycles. The van der Waals surface area contributed by atoms with E-state index in [0.29, 0.717) is 17.9 Å². The molecule has 0 heterocycles. The van der Waals surface area contributed by atoms with Crippen LogP contribution < -0.4 is 4.74 Å². The smallest absolute Gasteiger partial charge is 0.311 e. The van der Waals surface area contributed by atoms with Crippen LogP contribution in [0.15, 0.2) is 58.8 Å². The van der Waals surface area contributed by atoms with Gasteiger partial charge in [-0.15, -0.1) is 0 Å². The minimum absolute atomic E-state index is 0.124. The summed E-state index contributed by atoms with van der Waals surface area (Å²) in [6.07, 6.45) is 1.22. The fraction of sp³-hybridized carbons (Fsp3) is 0.350. The molecule has 126 valence electrons. The average molecular weight is 324 g/mol. The molecule has 2 rings (SSSR count). The highest BCUT2D eigenvalue weighted by atomic mass is 16.5. The molecular formula is C20H24N2O2. The summed E-state index contributed by atoms with van der Waals surface area (Å²) in [5.41, 5.74) is 2.83. The molecule has 4 nitrogen and oxygen atoms in total. The van der Waals surface area contributed by atoms with Gasteiger partial charge in [0.2, 0.25) is 0 Å². The number of ether oxygens (including phenoxy) is 1. The third kappa shape index (κ3) is 6.32. The molecule has 0 saturated heterocycles. The fourth-order valence-corrected chi connectivity index (χ4v) is 1.97. The topological polar surface area (TPSA) is 51.0 Å². The molecule has 0 aliphatic rings. The Morgan fingerprint density at radius 1 is 0.917 bits per heavy atom. The van der Waals surface area contributed by atoms with Gasteiger partial charge >= 0.3 is 5.97 Å². The Hall–Kier alpha value is -2.49. The van der Waals surface area contributed by atoms with Crippen molar-refractivity contribution in [1.82, 2.24) is 0 Å². The maximum absolute atomic E-state index is 11.8. The van der Waals surface area contributed by atoms with E-state index in [0.717, 1.165) is 12.1 Å². The largest absolute Gasteiger partial charge is 0.427 e. The van der Waals surface area contributed by atoms with Gasteiger partial charge in [0.05, 0.1) is 11.4 Å². The van der Waals surface area contributed by atoms with E-state index in [1.807, 2.05) is 31.2 Å². The first-order valence-corrected chi connectivity index (χ1v) is 8.11. The van der Waals surface area contributed by atoms with Crippen molar-refractivity contribution in [2.75, 3.05) is 0 Å². The molecule has 0 aliphatic heterocycles. The Labute approximate surface area is 143 Å². The van der Waals surface area contributed by atoms with Crippen LogP contribution in [0.2, 0.25) is 0 Å². The second-order valence-electron chi connectivity index (χ2n) is 7.06. The van der Waals surface area contributed by atoms with Crippen LogP contribution in [0.1, 0.15) is 39.2 Å². The third-order valence-corrected chi connectivity index (χ3v) is 3.46. The van der Waals surface area contributed by atoms with Crippen LogP contribution in [0.25, 0.3) is 0 Å². The summed E-state index contributed by atoms with van der Waals surface area (Å²) in [5, 5.41) is 8.36. The highest BCUT2D eigenvalue weighted by Gasteiger charge is 2.14. The van der Waals surface area contributed by atoms with Crippen LogP contribution in [0.5, 0.6) is 5.75 Å². The molecule has 0 N–H and O–H groups in total. The summed E-state index contributed by atoms with van der Waals surface area (Å²) in [6.45, 7) is 8.35. The molecule has 0 saturated carbocycles. The van der Waals surface area contributed by atoms with E-state index in [1.54, 1.807) is 24.3 Å². The molecule has 0 unspecified atom stereocenters. The van der Waals surface area contributed by atoms with E-state index >= 15 is 0 Å². The van der Waals surface area contributed by atoms with Gasteiger partial charge in [-0.2, -0.15) is 10.2 Å². The lowest BCUT2D eigenvalue weighted by atomic mass is 9.91. The van der Waals surface area contributed by atoms with Crippen molar-refractivity contribution in [1.29, 1.82) is 0 Å². The second-order valence-corrected chi connectivity index (χ2v) is 7.06. The number of rotatable bonds is 5. The summed E-state index contributed by atoms with van der Waals surface area (Å²) in [6, 6.07) is 14.9. The van der Waals surface area contributed by atoms with Crippen LogP contribution in [-0.4, -0.2) is 5.97 Å². The van der Waals surface area contributed by atoms with Crippen molar-refractivity contribution >= 4 is 17.3 Å². The zero-order chi connectivity index (χ0) is 17.6. The molecule has 0 amide bonds. The van der Waals surface area contributed by atoms with Gasteiger partial charge < -0.3 is 4.74 Å². The summed E-state index contributed by atoms with van der Waals surface area (Å²) in [5.74, 6) is 0.321. The lowest BCUT2D eigenvalue weighted by molar-refractivity contribution is -0.134. The predicted octanol–water partition coefficient (Wildman–Crippen LogP) is 6.14. The normalized spacial score (nSPS) is 11.7. The number of carbonyl (C=O) groups is 1. The fourth-order valence-electron chi connectivity index (χ4n) is 1.97. The van der Waals surface area contributed by atoms with Gasteiger partial charge in [0, 0.05) is 6.42 Å². The summed E-state index contributed by atoms with van der Waals surface area (Å²) in [4.78, 5) is 11.8. The van der Waals surface area contributed by atoms with E-state index in [-0.39, 0.29) is 11.4 Å². The zero-order valence-corrected chi connectivity index (χ0v) is 14.7. The second kappa shape index (κ2) is 7.86. The van der Waals surface area contributed by atoms with Crippen molar-refractivity contribution in [3.63, 3.8) is 0 Å². The lowest BCUT2D eigenvalue weighted by Crippen LogP contribution is -2.13. The quantitative estimate of drug-likeness (QED) is 0.376. The van der Waals surface area contributed by atoms with Gasteiger partial charge in [-0.25, -0.2) is 0 Å². The minimum Gasteiger partial charge on any atom is -0.427 e. The zero-order valence-electron chi connectivity index (χ0n) is 14.7. The first-order valence-electron chi connectivity index (χ1n) is 8.11. The molecule has 0 spiro atoms. The molecule has 0 aromatic heterocycles. The van der Waals surface area contributed by atoms with Gasteiger partial charge in [-0.05, 0) is 55.2 Å². The van der Waals surface area contributed by atoms with E-state index in [4.69, 9.17) is 4.74 Å². The SMILES string of the molecule is Cc1ccc(N=Nc2ccc(OC(=O)CCC(C)(C)C)cc2)cc1. The van der Waals surface area contributed by atoms with Crippen LogP contribution in [0.4, 0.5) is 11.4 Å². The Balaban J connectivity index is 1.90. The minimum atomic E-state index is -0.209. The highest BCUT2D eigenvalue weighted by Crippen LogP contribution is 2.23. The summed E-state index contributed by atoms with van der Waals surface area (Å²) in [7, 11) is 0. The number of esters is 1. The number of benzene rings is 2. The number of nitrogens with zero attached hydrogens (tertiary/aromatic N) is 2. The first-order chi connectivity index (χ1) is 11.3. The van der Waals surface area contributed by atoms with Crippen molar-refractivity contribution < 1.29 is 9.53 Å². The first kappa shape index (κ1) is 17.9. The summed E-state index contributed by atoms with van der Waals surface area (Å²) < 4.78 is 5.33. The van der Waals surface area contributed by atoms with Crippen molar-refractivity contribution in [3.8, 4) is 5.75 Å². The average Bonchev–Trinajstić information content (AvgIpc) is 2.53. The Kier molecular flexibility index (Phi) is 5.85. The Bertz CT molecular complexity index is 696. The van der Waals surface area contributed by atoms with E-state index in [1.165, 1.54) is 5.56 Å². The van der Waals surface area contributed by atoms with Crippen molar-refractivity contribution in [2.24, 2.45) is 15.6 Å². The number of aryl methyl sites for hydroxylation is 1. The van der Waals surface area contributed by atoms with Crippen LogP contribution >= 0.6 is 0 Å². The molecule has 2 aromatic rings. The van der Waals surface area contributed by atoms with Gasteiger partial charge in [-0.1, -0.05) is 38.5 Å². The van der Waals surface area contributed by atoms with Gasteiger partial charge in [-0.3, -0.25) is 4.79 Å². The maximum atomic E-state index is 11.8. The van der Waals surface area contributed by atoms with E-state index in [2.05, 4.69) is 31.0 Å². The Morgan fingerprint density at radius 3 is 1.92 bits per heavy atom. The van der Waals surface area contributed by atoms with E-state index in [9.17, 15) is 4.79 Å². The molecule has 0 atom stereocenters. The van der Waals surface area contributed by atoms with Crippen LogP contribution in [-0.2, 0) is 4.79 Å². The molecule has 0 radical (unpaired) electrons. The molecular weight excluding hydrogens is 300 g/mol. The van der Waals surface area contributed by atoms with Gasteiger partial charge in [0.15, 0.2) is 0 Å². The molecule has 0 aliphatic carbocycles. The lowest BCUT2D eigenvalue weighted by Gasteiger charge is -2.16. The standard InChI is InChI=1S/C20H24N2O2/c1-15-5-7-16(8-6-15)21-22-17-9-11-18(12-10-17)24-19(23)13-14-20(2,3)4/h5-12H,13-14H2,1-4H3.